The number of hydrazine groups is 1. The van der Waals surface area contributed by atoms with Crippen molar-refractivity contribution in [3.8, 4) is 11.5 Å². The summed E-state index contributed by atoms with van der Waals surface area (Å²) in [7, 11) is 0. The van der Waals surface area contributed by atoms with Crippen molar-refractivity contribution < 1.29 is 20.1 Å². The Morgan fingerprint density at radius 2 is 2.06 bits per heavy atom. The number of phenolic OH excluding ortho intramolecular Hbond substituents is 2. The van der Waals surface area contributed by atoms with Crippen molar-refractivity contribution >= 4 is 17.6 Å². The molecule has 17 heavy (non-hydrogen) atoms. The van der Waals surface area contributed by atoms with Gasteiger partial charge in [0, 0.05) is 0 Å². The lowest BCUT2D eigenvalue weighted by Gasteiger charge is -2.15. The van der Waals surface area contributed by atoms with E-state index in [1.165, 1.54) is 18.2 Å². The summed E-state index contributed by atoms with van der Waals surface area (Å²) >= 11 is 6.00. The van der Waals surface area contributed by atoms with Crippen molar-refractivity contribution in [2.75, 3.05) is 0 Å². The summed E-state index contributed by atoms with van der Waals surface area (Å²) in [4.78, 5) is 10.7. The van der Waals surface area contributed by atoms with E-state index in [4.69, 9.17) is 27.7 Å². The van der Waals surface area contributed by atoms with Crippen LogP contribution in [0.15, 0.2) is 18.2 Å². The van der Waals surface area contributed by atoms with E-state index in [1.54, 1.807) is 0 Å². The van der Waals surface area contributed by atoms with Crippen LogP contribution in [0.4, 0.5) is 0 Å². The Morgan fingerprint density at radius 3 is 2.53 bits per heavy atom. The predicted octanol–water partition coefficient (Wildman–Crippen LogP) is 0.684. The van der Waals surface area contributed by atoms with Crippen LogP contribution in [-0.2, 0) is 4.79 Å². The Bertz CT molecular complexity index is 413. The van der Waals surface area contributed by atoms with Gasteiger partial charge in [0.25, 0.3) is 0 Å². The van der Waals surface area contributed by atoms with Gasteiger partial charge in [-0.3, -0.25) is 10.6 Å². The maximum atomic E-state index is 10.7. The molecule has 0 aliphatic rings. The van der Waals surface area contributed by atoms with E-state index in [9.17, 15) is 9.90 Å². The van der Waals surface area contributed by atoms with Gasteiger partial charge in [-0.2, -0.15) is 0 Å². The molecule has 0 aliphatic carbocycles. The molecule has 2 unspecified atom stereocenters. The number of hydrogen-bond donors (Lipinski definition) is 5. The Morgan fingerprint density at radius 1 is 1.41 bits per heavy atom. The monoisotopic (exact) mass is 260 g/mol. The minimum Gasteiger partial charge on any atom is -0.504 e. The zero-order chi connectivity index (χ0) is 13.0. The number of nitrogens with two attached hydrogens (primary N) is 1. The molecule has 6 N–H and O–H groups in total. The number of aliphatic carboxylic acids is 1. The fourth-order valence-electron chi connectivity index (χ4n) is 1.32. The van der Waals surface area contributed by atoms with Crippen LogP contribution in [0.2, 0.25) is 0 Å². The number of carbonyl (C=O) groups is 1. The van der Waals surface area contributed by atoms with E-state index in [0.29, 0.717) is 5.56 Å². The van der Waals surface area contributed by atoms with Gasteiger partial charge in [-0.15, -0.1) is 11.6 Å². The molecular formula is C10H13ClN2O4. The van der Waals surface area contributed by atoms with E-state index in [1.807, 2.05) is 0 Å². The molecule has 0 saturated heterocycles. The topological polar surface area (TPSA) is 116 Å². The Kier molecular flexibility index (Phi) is 4.56. The Labute approximate surface area is 103 Å². The average Bonchev–Trinajstić information content (AvgIpc) is 2.28. The second-order valence-corrected chi connectivity index (χ2v) is 4.04. The summed E-state index contributed by atoms with van der Waals surface area (Å²) in [5.74, 6) is 3.40. The van der Waals surface area contributed by atoms with Gasteiger partial charge in [0.2, 0.25) is 0 Å². The third-order valence-corrected chi connectivity index (χ3v) is 2.73. The molecule has 1 aromatic rings. The molecule has 0 spiro atoms. The number of alkyl halides is 1. The normalized spacial score (nSPS) is 14.2. The van der Waals surface area contributed by atoms with E-state index in [2.05, 4.69) is 5.43 Å². The highest BCUT2D eigenvalue weighted by atomic mass is 35.5. The van der Waals surface area contributed by atoms with Gasteiger partial charge in [0.15, 0.2) is 11.5 Å². The number of aromatic hydroxyl groups is 2. The molecule has 0 aromatic heterocycles. The molecule has 6 nitrogen and oxygen atoms in total. The van der Waals surface area contributed by atoms with Crippen LogP contribution in [0.3, 0.4) is 0 Å². The van der Waals surface area contributed by atoms with E-state index < -0.39 is 17.4 Å². The molecular weight excluding hydrogens is 248 g/mol. The zero-order valence-corrected chi connectivity index (χ0v) is 9.55. The van der Waals surface area contributed by atoms with Crippen molar-refractivity contribution in [3.63, 3.8) is 0 Å². The van der Waals surface area contributed by atoms with Crippen LogP contribution >= 0.6 is 11.6 Å². The Balaban J connectivity index is 2.78. The van der Waals surface area contributed by atoms with Crippen molar-refractivity contribution in [1.82, 2.24) is 5.43 Å². The summed E-state index contributed by atoms with van der Waals surface area (Å²) in [6, 6.07) is 3.09. The van der Waals surface area contributed by atoms with Gasteiger partial charge < -0.3 is 15.3 Å². The molecule has 94 valence electrons. The lowest BCUT2D eigenvalue weighted by atomic mass is 10.0. The number of carboxylic acids is 1. The molecule has 0 bridgehead atoms. The number of benzene rings is 1. The number of nitrogens with one attached hydrogen (secondary N) is 1. The largest absolute Gasteiger partial charge is 0.504 e. The third-order valence-electron chi connectivity index (χ3n) is 2.30. The maximum absolute atomic E-state index is 10.7. The summed E-state index contributed by atoms with van der Waals surface area (Å²) in [5, 5.41) is 26.5. The third kappa shape index (κ3) is 3.48. The highest BCUT2D eigenvalue weighted by Gasteiger charge is 2.21. The van der Waals surface area contributed by atoms with E-state index in [0.717, 1.165) is 0 Å². The molecule has 0 aliphatic heterocycles. The van der Waals surface area contributed by atoms with Gasteiger partial charge >= 0.3 is 5.97 Å². The standard InChI is InChI=1S/C10H13ClN2O4/c11-6(4-7(13-12)10(16)17)5-1-2-8(14)9(15)3-5/h1-3,6-7,13-15H,4,12H2,(H,16,17). The van der Waals surface area contributed by atoms with Gasteiger partial charge in [0.05, 0.1) is 5.38 Å². The first-order chi connectivity index (χ1) is 7.95. The lowest BCUT2D eigenvalue weighted by Crippen LogP contribution is -2.41. The van der Waals surface area contributed by atoms with Crippen LogP contribution in [0.1, 0.15) is 17.4 Å². The summed E-state index contributed by atoms with van der Waals surface area (Å²) in [5.41, 5.74) is 2.64. The molecule has 1 rings (SSSR count). The first-order valence-corrected chi connectivity index (χ1v) is 5.24. The number of hydrogen-bond acceptors (Lipinski definition) is 5. The minimum absolute atomic E-state index is 0.0532. The summed E-state index contributed by atoms with van der Waals surface area (Å²) in [6.45, 7) is 0. The van der Waals surface area contributed by atoms with Crippen LogP contribution in [0.5, 0.6) is 11.5 Å². The fraction of sp³-hybridized carbons (Fsp3) is 0.300. The second-order valence-electron chi connectivity index (χ2n) is 3.51. The number of rotatable bonds is 5. The average molecular weight is 261 g/mol. The Hall–Kier alpha value is -1.50. The molecule has 0 fully saturated rings. The van der Waals surface area contributed by atoms with Crippen molar-refractivity contribution in [2.45, 2.75) is 17.8 Å². The molecule has 0 radical (unpaired) electrons. The van der Waals surface area contributed by atoms with Gasteiger partial charge in [-0.1, -0.05) is 6.07 Å². The molecule has 0 heterocycles. The molecule has 1 aromatic carbocycles. The minimum atomic E-state index is -1.11. The quantitative estimate of drug-likeness (QED) is 0.230. The van der Waals surface area contributed by atoms with Crippen LogP contribution < -0.4 is 11.3 Å². The smallest absolute Gasteiger partial charge is 0.322 e. The molecule has 7 heteroatoms. The maximum Gasteiger partial charge on any atom is 0.322 e. The molecule has 2 atom stereocenters. The first kappa shape index (κ1) is 13.6. The van der Waals surface area contributed by atoms with Crippen LogP contribution in [0, 0.1) is 0 Å². The van der Waals surface area contributed by atoms with Crippen LogP contribution in [0.25, 0.3) is 0 Å². The molecule has 0 saturated carbocycles. The van der Waals surface area contributed by atoms with E-state index >= 15 is 0 Å². The van der Waals surface area contributed by atoms with Gasteiger partial charge in [-0.25, -0.2) is 5.43 Å². The number of carboxylic acid groups (broad SMARTS) is 1. The van der Waals surface area contributed by atoms with E-state index in [-0.39, 0.29) is 17.9 Å². The number of phenols is 2. The number of halogens is 1. The van der Waals surface area contributed by atoms with Gasteiger partial charge in [0.1, 0.15) is 6.04 Å². The van der Waals surface area contributed by atoms with Gasteiger partial charge in [-0.05, 0) is 24.1 Å². The predicted molar refractivity (Wildman–Crippen MR) is 61.7 cm³/mol. The van der Waals surface area contributed by atoms with Crippen molar-refractivity contribution in [1.29, 1.82) is 0 Å². The van der Waals surface area contributed by atoms with Crippen molar-refractivity contribution in [2.24, 2.45) is 5.84 Å². The highest BCUT2D eigenvalue weighted by molar-refractivity contribution is 6.21. The first-order valence-electron chi connectivity index (χ1n) is 4.80. The van der Waals surface area contributed by atoms with Crippen LogP contribution in [-0.4, -0.2) is 27.3 Å². The SMILES string of the molecule is NNC(CC(Cl)c1ccc(O)c(O)c1)C(=O)O. The lowest BCUT2D eigenvalue weighted by molar-refractivity contribution is -0.139. The molecule has 0 amide bonds. The summed E-state index contributed by atoms with van der Waals surface area (Å²) in [6.07, 6.45) is 0.0532. The summed E-state index contributed by atoms with van der Waals surface area (Å²) < 4.78 is 0. The second kappa shape index (κ2) is 5.72. The fourth-order valence-corrected chi connectivity index (χ4v) is 1.63. The van der Waals surface area contributed by atoms with Crippen molar-refractivity contribution in [3.05, 3.63) is 23.8 Å². The zero-order valence-electron chi connectivity index (χ0n) is 8.80. The highest BCUT2D eigenvalue weighted by Crippen LogP contribution is 2.32.